The van der Waals surface area contributed by atoms with Crippen molar-refractivity contribution in [1.82, 2.24) is 14.4 Å². The molecule has 9 heteroatoms. The fourth-order valence-corrected chi connectivity index (χ4v) is 3.46. The molecule has 0 saturated heterocycles. The van der Waals surface area contributed by atoms with Crippen molar-refractivity contribution < 1.29 is 18.4 Å². The minimum atomic E-state index is -4.04. The van der Waals surface area contributed by atoms with Gasteiger partial charge in [0.1, 0.15) is 11.9 Å². The Kier molecular flexibility index (Phi) is 5.01. The van der Waals surface area contributed by atoms with Crippen LogP contribution in [0.25, 0.3) is 16.9 Å². The van der Waals surface area contributed by atoms with E-state index in [1.54, 1.807) is 42.5 Å². The summed E-state index contributed by atoms with van der Waals surface area (Å²) in [4.78, 5) is 12.0. The second-order valence-corrected chi connectivity index (χ2v) is 7.71. The summed E-state index contributed by atoms with van der Waals surface area (Å²) in [7, 11) is -2.79. The molecule has 0 fully saturated rings. The predicted molar refractivity (Wildman–Crippen MR) is 105 cm³/mol. The number of primary sulfonamides is 1. The second-order valence-electron chi connectivity index (χ2n) is 6.18. The number of hydroxylamine groups is 2. The molecule has 0 spiro atoms. The van der Waals surface area contributed by atoms with Gasteiger partial charge in [0, 0.05) is 11.6 Å². The van der Waals surface area contributed by atoms with Crippen LogP contribution in [0, 0.1) is 0 Å². The Balaban J connectivity index is 2.33. The van der Waals surface area contributed by atoms with Gasteiger partial charge >= 0.3 is 5.91 Å². The van der Waals surface area contributed by atoms with Gasteiger partial charge in [-0.1, -0.05) is 53.7 Å². The summed E-state index contributed by atoms with van der Waals surface area (Å²) in [6, 6.07) is 16.6. The average molecular weight is 399 g/mol. The van der Waals surface area contributed by atoms with Crippen LogP contribution in [0.4, 0.5) is 5.82 Å². The number of rotatable bonds is 5. The van der Waals surface area contributed by atoms with E-state index in [4.69, 9.17) is 5.14 Å². The number of benzene rings is 2. The summed E-state index contributed by atoms with van der Waals surface area (Å²) < 4.78 is 24.3. The number of likely N-dealkylation sites (N-methyl/N-ethyl adjacent to an activating group) is 1. The molecule has 3 N–H and O–H groups in total. The Bertz CT molecular complexity index is 1150. The van der Waals surface area contributed by atoms with Crippen LogP contribution in [-0.2, 0) is 14.8 Å². The van der Waals surface area contributed by atoms with Gasteiger partial charge in [0.25, 0.3) is 5.82 Å². The number of nitrogens with zero attached hydrogens (tertiary/aromatic N) is 3. The molecule has 0 saturated carbocycles. The molecule has 1 unspecified atom stereocenters. The molecule has 0 aliphatic rings. The zero-order chi connectivity index (χ0) is 20.5. The first-order valence-electron chi connectivity index (χ1n) is 8.20. The van der Waals surface area contributed by atoms with Crippen molar-refractivity contribution in [3.8, 4) is 16.9 Å². The Morgan fingerprint density at radius 1 is 1.18 bits per heavy atom. The van der Waals surface area contributed by atoms with Crippen LogP contribution >= 0.6 is 0 Å². The van der Waals surface area contributed by atoms with Crippen molar-refractivity contribution in [3.05, 3.63) is 73.3 Å². The molecular formula is C19H19N4O4S+. The van der Waals surface area contributed by atoms with Gasteiger partial charge < -0.3 is 0 Å². The van der Waals surface area contributed by atoms with Crippen LogP contribution in [0.1, 0.15) is 0 Å². The fraction of sp³-hybridized carbons (Fsp3) is 0.0526. The third-order valence-electron chi connectivity index (χ3n) is 4.22. The first-order valence-corrected chi connectivity index (χ1v) is 9.75. The highest BCUT2D eigenvalue weighted by Crippen LogP contribution is 2.31. The van der Waals surface area contributed by atoms with Crippen LogP contribution in [0.15, 0.2) is 78.2 Å². The van der Waals surface area contributed by atoms with Gasteiger partial charge in [0.2, 0.25) is 10.0 Å². The van der Waals surface area contributed by atoms with Gasteiger partial charge in [-0.3, -0.25) is 0 Å². The number of carbonyl (C=O) groups excluding carboxylic acids is 1. The van der Waals surface area contributed by atoms with Crippen molar-refractivity contribution in [1.29, 1.82) is 0 Å². The van der Waals surface area contributed by atoms with Gasteiger partial charge in [-0.2, -0.15) is 0 Å². The highest BCUT2D eigenvalue weighted by atomic mass is 32.2. The van der Waals surface area contributed by atoms with Crippen molar-refractivity contribution in [2.75, 3.05) is 7.05 Å². The topological polar surface area (TPSA) is 115 Å². The number of hydrogen-bond acceptors (Lipinski definition) is 5. The lowest BCUT2D eigenvalue weighted by Crippen LogP contribution is -2.46. The van der Waals surface area contributed by atoms with E-state index < -0.39 is 20.6 Å². The number of carbonyl (C=O) groups is 1. The number of hydrogen-bond donors (Lipinski definition) is 2. The fourth-order valence-electron chi connectivity index (χ4n) is 2.74. The van der Waals surface area contributed by atoms with Crippen LogP contribution in [0.3, 0.4) is 0 Å². The Hall–Kier alpha value is -3.11. The number of quaternary nitrogens is 1. The summed E-state index contributed by atoms with van der Waals surface area (Å²) >= 11 is 0. The molecule has 0 aliphatic carbocycles. The van der Waals surface area contributed by atoms with Crippen LogP contribution in [-0.4, -0.2) is 36.4 Å². The maximum atomic E-state index is 12.1. The number of sulfonamides is 1. The summed E-state index contributed by atoms with van der Waals surface area (Å²) in [5.74, 6) is -0.697. The minimum Gasteiger partial charge on any atom is -0.226 e. The lowest BCUT2D eigenvalue weighted by Gasteiger charge is -2.17. The van der Waals surface area contributed by atoms with Crippen LogP contribution < -0.4 is 9.79 Å². The molecular weight excluding hydrogens is 380 g/mol. The van der Waals surface area contributed by atoms with Crippen molar-refractivity contribution >= 4 is 21.7 Å². The lowest BCUT2D eigenvalue weighted by molar-refractivity contribution is -0.151. The second kappa shape index (κ2) is 7.13. The van der Waals surface area contributed by atoms with E-state index >= 15 is 0 Å². The zero-order valence-electron chi connectivity index (χ0n) is 15.1. The number of aromatic nitrogens is 2. The molecule has 0 bridgehead atoms. The first kappa shape index (κ1) is 19.6. The molecule has 1 aromatic heterocycles. The van der Waals surface area contributed by atoms with Gasteiger partial charge in [0.15, 0.2) is 0 Å². The third kappa shape index (κ3) is 3.51. The van der Waals surface area contributed by atoms with Crippen LogP contribution in [0.2, 0.25) is 0 Å². The molecule has 144 valence electrons. The zero-order valence-corrected chi connectivity index (χ0v) is 15.9. The van der Waals surface area contributed by atoms with Gasteiger partial charge in [-0.15, -0.1) is 5.10 Å². The first-order chi connectivity index (χ1) is 13.2. The molecule has 0 radical (unpaired) electrons. The Morgan fingerprint density at radius 2 is 1.79 bits per heavy atom. The van der Waals surface area contributed by atoms with E-state index in [1.165, 1.54) is 23.9 Å². The van der Waals surface area contributed by atoms with Crippen molar-refractivity contribution in [2.45, 2.75) is 4.90 Å². The molecule has 1 heterocycles. The van der Waals surface area contributed by atoms with Gasteiger partial charge in [0.05, 0.1) is 17.4 Å². The Morgan fingerprint density at radius 3 is 2.39 bits per heavy atom. The van der Waals surface area contributed by atoms with E-state index in [1.807, 2.05) is 6.07 Å². The highest BCUT2D eigenvalue weighted by molar-refractivity contribution is 7.89. The van der Waals surface area contributed by atoms with Crippen LogP contribution in [0.5, 0.6) is 0 Å². The van der Waals surface area contributed by atoms with Crippen molar-refractivity contribution in [2.24, 2.45) is 5.14 Å². The van der Waals surface area contributed by atoms with E-state index in [9.17, 15) is 18.4 Å². The van der Waals surface area contributed by atoms with E-state index in [2.05, 4.69) is 11.7 Å². The standard InChI is InChI=1S/C19H19N4O4S/c1-3-19(24)23(2,25)18-13-16(14-9-5-4-6-10-14)22(21-18)15-11-7-8-12-17(15)28(20,26)27/h3-13,25H,1H2,2H3,(H2,20,26,27)/q+1. The summed E-state index contributed by atoms with van der Waals surface area (Å²) in [5.41, 5.74) is 1.37. The van der Waals surface area contributed by atoms with Crippen molar-refractivity contribution in [3.63, 3.8) is 0 Å². The lowest BCUT2D eigenvalue weighted by atomic mass is 10.1. The third-order valence-corrected chi connectivity index (χ3v) is 5.17. The summed E-state index contributed by atoms with van der Waals surface area (Å²) in [6.07, 6.45) is 0.986. The maximum Gasteiger partial charge on any atom is 0.376 e. The molecule has 8 nitrogen and oxygen atoms in total. The molecule has 1 atom stereocenters. The van der Waals surface area contributed by atoms with E-state index in [0.29, 0.717) is 11.3 Å². The van der Waals surface area contributed by atoms with E-state index in [0.717, 1.165) is 6.08 Å². The van der Waals surface area contributed by atoms with Gasteiger partial charge in [-0.25, -0.2) is 28.2 Å². The normalized spacial score (nSPS) is 13.7. The Labute approximate surface area is 162 Å². The minimum absolute atomic E-state index is 0.00650. The smallest absolute Gasteiger partial charge is 0.226 e. The molecule has 3 aromatic rings. The number of nitrogens with two attached hydrogens (primary N) is 1. The molecule has 1 amide bonds. The van der Waals surface area contributed by atoms with Gasteiger partial charge in [-0.05, 0) is 12.1 Å². The number of para-hydroxylation sites is 1. The largest absolute Gasteiger partial charge is 0.376 e. The molecule has 2 aromatic carbocycles. The number of amides is 1. The molecule has 0 aliphatic heterocycles. The maximum absolute atomic E-state index is 12.1. The monoisotopic (exact) mass is 399 g/mol. The summed E-state index contributed by atoms with van der Waals surface area (Å²) in [5, 5.41) is 20.3. The quantitative estimate of drug-likeness (QED) is 0.295. The summed E-state index contributed by atoms with van der Waals surface area (Å²) in [6.45, 7) is 3.39. The molecule has 3 rings (SSSR count). The SMILES string of the molecule is C=CC(=O)[N+](C)(O)c1cc(-c2ccccc2)n(-c2ccccc2S(N)(=O)=O)n1. The average Bonchev–Trinajstić information content (AvgIpc) is 3.13. The predicted octanol–water partition coefficient (Wildman–Crippen LogP) is 2.23. The van der Waals surface area contributed by atoms with E-state index in [-0.39, 0.29) is 16.4 Å². The molecule has 28 heavy (non-hydrogen) atoms. The highest BCUT2D eigenvalue weighted by Gasteiger charge is 2.35.